The number of carboxylic acid groups (broad SMARTS) is 1. The lowest BCUT2D eigenvalue weighted by Gasteiger charge is -2.01. The van der Waals surface area contributed by atoms with Gasteiger partial charge in [0.1, 0.15) is 5.75 Å². The van der Waals surface area contributed by atoms with Crippen LogP contribution in [-0.2, 0) is 11.2 Å². The molecule has 0 atom stereocenters. The number of rotatable bonds is 6. The zero-order valence-corrected chi connectivity index (χ0v) is 11.0. The summed E-state index contributed by atoms with van der Waals surface area (Å²) in [5, 5.41) is 9.68. The summed E-state index contributed by atoms with van der Waals surface area (Å²) in [6.07, 6.45) is 3.30. The molecule has 0 saturated carbocycles. The Labute approximate surface area is 109 Å². The van der Waals surface area contributed by atoms with E-state index in [4.69, 9.17) is 9.84 Å². The minimum atomic E-state index is -0.969. The molecule has 0 amide bonds. The first kappa shape index (κ1) is 12.8. The number of benzene rings is 1. The molecule has 0 spiro atoms. The second-order valence-corrected chi connectivity index (χ2v) is 5.14. The third-order valence-electron chi connectivity index (χ3n) is 2.51. The summed E-state index contributed by atoms with van der Waals surface area (Å²) >= 11 is 1.65. The van der Waals surface area contributed by atoms with Crippen molar-refractivity contribution in [3.05, 3.63) is 23.2 Å². The Morgan fingerprint density at radius 1 is 1.50 bits per heavy atom. The van der Waals surface area contributed by atoms with Crippen molar-refractivity contribution >= 4 is 27.5 Å². The summed E-state index contributed by atoms with van der Waals surface area (Å²) in [7, 11) is 0. The van der Waals surface area contributed by atoms with Crippen molar-refractivity contribution in [3.8, 4) is 5.75 Å². The van der Waals surface area contributed by atoms with Crippen molar-refractivity contribution in [2.45, 2.75) is 26.2 Å². The number of aromatic nitrogens is 1. The maximum Gasteiger partial charge on any atom is 0.341 e. The highest BCUT2D eigenvalue weighted by Crippen LogP contribution is 2.27. The van der Waals surface area contributed by atoms with Crippen molar-refractivity contribution in [3.63, 3.8) is 0 Å². The van der Waals surface area contributed by atoms with Crippen LogP contribution in [0.3, 0.4) is 0 Å². The topological polar surface area (TPSA) is 59.4 Å². The van der Waals surface area contributed by atoms with Gasteiger partial charge in [0.05, 0.1) is 15.2 Å². The van der Waals surface area contributed by atoms with Crippen LogP contribution in [0.5, 0.6) is 5.75 Å². The van der Waals surface area contributed by atoms with Crippen LogP contribution in [0.4, 0.5) is 0 Å². The van der Waals surface area contributed by atoms with E-state index in [2.05, 4.69) is 11.9 Å². The third-order valence-corrected chi connectivity index (χ3v) is 3.59. The van der Waals surface area contributed by atoms with Gasteiger partial charge in [0.15, 0.2) is 6.61 Å². The Kier molecular flexibility index (Phi) is 4.15. The summed E-state index contributed by atoms with van der Waals surface area (Å²) in [6.45, 7) is 1.85. The average Bonchev–Trinajstić information content (AvgIpc) is 2.75. The smallest absolute Gasteiger partial charge is 0.341 e. The van der Waals surface area contributed by atoms with E-state index in [1.165, 1.54) is 0 Å². The Morgan fingerprint density at radius 2 is 2.33 bits per heavy atom. The highest BCUT2D eigenvalue weighted by molar-refractivity contribution is 7.18. The first-order valence-electron chi connectivity index (χ1n) is 5.93. The molecule has 0 aliphatic heterocycles. The van der Waals surface area contributed by atoms with Crippen molar-refractivity contribution in [1.82, 2.24) is 4.98 Å². The van der Waals surface area contributed by atoms with E-state index in [-0.39, 0.29) is 6.61 Å². The molecule has 0 aliphatic carbocycles. The number of carbonyl (C=O) groups is 1. The standard InChI is InChI=1S/C13H15NO3S/c1-2-3-4-12-14-10-6-5-9(7-11(10)18-12)17-8-13(15)16/h5-7H,2-4,8H2,1H3,(H,15,16). The fourth-order valence-electron chi connectivity index (χ4n) is 1.62. The van der Waals surface area contributed by atoms with Crippen molar-refractivity contribution in [2.24, 2.45) is 0 Å². The second kappa shape index (κ2) is 5.82. The zero-order valence-electron chi connectivity index (χ0n) is 10.2. The van der Waals surface area contributed by atoms with Gasteiger partial charge >= 0.3 is 5.97 Å². The Morgan fingerprint density at radius 3 is 3.06 bits per heavy atom. The molecule has 0 unspecified atom stereocenters. The van der Waals surface area contributed by atoms with E-state index in [0.29, 0.717) is 5.75 Å². The number of aliphatic carboxylic acids is 1. The largest absolute Gasteiger partial charge is 0.482 e. The van der Waals surface area contributed by atoms with Gasteiger partial charge in [-0.3, -0.25) is 0 Å². The van der Waals surface area contributed by atoms with Crippen molar-refractivity contribution in [1.29, 1.82) is 0 Å². The maximum atomic E-state index is 10.4. The highest BCUT2D eigenvalue weighted by Gasteiger charge is 2.06. The lowest BCUT2D eigenvalue weighted by Crippen LogP contribution is -2.09. The van der Waals surface area contributed by atoms with Crippen LogP contribution < -0.4 is 4.74 Å². The van der Waals surface area contributed by atoms with Gasteiger partial charge in [-0.15, -0.1) is 11.3 Å². The van der Waals surface area contributed by atoms with Crippen LogP contribution in [0.2, 0.25) is 0 Å². The number of hydrogen-bond acceptors (Lipinski definition) is 4. The van der Waals surface area contributed by atoms with Crippen LogP contribution in [0.25, 0.3) is 10.2 Å². The minimum Gasteiger partial charge on any atom is -0.482 e. The van der Waals surface area contributed by atoms with Crippen LogP contribution in [-0.4, -0.2) is 22.7 Å². The van der Waals surface area contributed by atoms with Gasteiger partial charge in [0.25, 0.3) is 0 Å². The van der Waals surface area contributed by atoms with Gasteiger partial charge in [-0.05, 0) is 31.0 Å². The number of fused-ring (bicyclic) bond motifs is 1. The molecule has 0 bridgehead atoms. The molecule has 5 heteroatoms. The summed E-state index contributed by atoms with van der Waals surface area (Å²) in [4.78, 5) is 15.0. The molecule has 0 aliphatic rings. The molecule has 0 saturated heterocycles. The number of unbranched alkanes of at least 4 members (excludes halogenated alkanes) is 1. The SMILES string of the molecule is CCCCc1nc2ccc(OCC(=O)O)cc2s1. The maximum absolute atomic E-state index is 10.4. The van der Waals surface area contributed by atoms with E-state index in [0.717, 1.165) is 34.5 Å². The van der Waals surface area contributed by atoms with Gasteiger partial charge < -0.3 is 9.84 Å². The summed E-state index contributed by atoms with van der Waals surface area (Å²) in [5.74, 6) is -0.390. The lowest BCUT2D eigenvalue weighted by atomic mass is 10.2. The fourth-order valence-corrected chi connectivity index (χ4v) is 2.66. The molecule has 96 valence electrons. The number of ether oxygens (including phenoxy) is 1. The first-order valence-corrected chi connectivity index (χ1v) is 6.74. The highest BCUT2D eigenvalue weighted by atomic mass is 32.1. The van der Waals surface area contributed by atoms with Crippen molar-refractivity contribution < 1.29 is 14.6 Å². The number of nitrogens with zero attached hydrogens (tertiary/aromatic N) is 1. The molecule has 18 heavy (non-hydrogen) atoms. The first-order chi connectivity index (χ1) is 8.69. The molecular weight excluding hydrogens is 250 g/mol. The lowest BCUT2D eigenvalue weighted by molar-refractivity contribution is -0.139. The minimum absolute atomic E-state index is 0.312. The Hall–Kier alpha value is -1.62. The molecule has 1 N–H and O–H groups in total. The van der Waals surface area contributed by atoms with Crippen LogP contribution in [0.1, 0.15) is 24.8 Å². The monoisotopic (exact) mass is 265 g/mol. The molecule has 1 aromatic carbocycles. The van der Waals surface area contributed by atoms with Gasteiger partial charge in [-0.25, -0.2) is 9.78 Å². The van der Waals surface area contributed by atoms with E-state index in [1.807, 2.05) is 12.1 Å². The van der Waals surface area contributed by atoms with Crippen LogP contribution in [0.15, 0.2) is 18.2 Å². The number of thiazole rings is 1. The number of carboxylic acids is 1. The van der Waals surface area contributed by atoms with Gasteiger partial charge in [-0.2, -0.15) is 0 Å². The number of aryl methyl sites for hydroxylation is 1. The fraction of sp³-hybridized carbons (Fsp3) is 0.385. The zero-order chi connectivity index (χ0) is 13.0. The van der Waals surface area contributed by atoms with Crippen LogP contribution >= 0.6 is 11.3 Å². The quantitative estimate of drug-likeness (QED) is 0.871. The summed E-state index contributed by atoms with van der Waals surface area (Å²) in [5.41, 5.74) is 0.953. The second-order valence-electron chi connectivity index (χ2n) is 4.02. The van der Waals surface area contributed by atoms with E-state index in [9.17, 15) is 4.79 Å². The predicted molar refractivity (Wildman–Crippen MR) is 71.4 cm³/mol. The van der Waals surface area contributed by atoms with E-state index in [1.54, 1.807) is 17.4 Å². The molecule has 4 nitrogen and oxygen atoms in total. The molecular formula is C13H15NO3S. The molecule has 2 rings (SSSR count). The predicted octanol–water partition coefficient (Wildman–Crippen LogP) is 3.10. The molecule has 1 aromatic heterocycles. The number of hydrogen-bond donors (Lipinski definition) is 1. The summed E-state index contributed by atoms with van der Waals surface area (Å²) < 4.78 is 6.19. The van der Waals surface area contributed by atoms with E-state index >= 15 is 0 Å². The van der Waals surface area contributed by atoms with Gasteiger partial charge in [0.2, 0.25) is 0 Å². The van der Waals surface area contributed by atoms with E-state index < -0.39 is 5.97 Å². The van der Waals surface area contributed by atoms with Gasteiger partial charge in [-0.1, -0.05) is 13.3 Å². The van der Waals surface area contributed by atoms with Crippen molar-refractivity contribution in [2.75, 3.05) is 6.61 Å². The molecule has 0 radical (unpaired) electrons. The summed E-state index contributed by atoms with van der Waals surface area (Å²) in [6, 6.07) is 5.48. The van der Waals surface area contributed by atoms with Gasteiger partial charge in [0, 0.05) is 0 Å². The van der Waals surface area contributed by atoms with Crippen LogP contribution in [0, 0.1) is 0 Å². The molecule has 2 aromatic rings. The molecule has 0 fully saturated rings. The average molecular weight is 265 g/mol. The normalized spacial score (nSPS) is 10.7. The third kappa shape index (κ3) is 3.20. The Balaban J connectivity index is 2.14. The Bertz CT molecular complexity index is 550. The molecule has 1 heterocycles.